The van der Waals surface area contributed by atoms with Gasteiger partial charge in [0.05, 0.1) is 15.9 Å². The van der Waals surface area contributed by atoms with Crippen LogP contribution in [0.5, 0.6) is 11.5 Å². The van der Waals surface area contributed by atoms with Gasteiger partial charge in [0, 0.05) is 23.9 Å². The molecule has 28 heavy (non-hydrogen) atoms. The molecule has 0 saturated carbocycles. The lowest BCUT2D eigenvalue weighted by molar-refractivity contribution is -0.394. The Labute approximate surface area is 159 Å². The number of hydrogen-bond donors (Lipinski definition) is 2. The molecule has 0 heterocycles. The summed E-state index contributed by atoms with van der Waals surface area (Å²) in [5, 5.41) is 22.1. The monoisotopic (exact) mass is 380 g/mol. The molecule has 0 amide bonds. The van der Waals surface area contributed by atoms with Crippen LogP contribution in [-0.4, -0.2) is 9.85 Å². The molecule has 0 spiro atoms. The van der Waals surface area contributed by atoms with E-state index in [1.165, 1.54) is 12.1 Å². The second kappa shape index (κ2) is 8.60. The Morgan fingerprint density at radius 2 is 1.54 bits per heavy atom. The van der Waals surface area contributed by atoms with Crippen LogP contribution in [0.2, 0.25) is 0 Å². The molecule has 0 saturated heterocycles. The number of nitrogens with one attached hydrogen (secondary N) is 2. The van der Waals surface area contributed by atoms with Gasteiger partial charge in [-0.2, -0.15) is 0 Å². The quantitative estimate of drug-likeness (QED) is 0.439. The van der Waals surface area contributed by atoms with Crippen LogP contribution in [0.25, 0.3) is 0 Å². The number of anilines is 1. The number of nitro benzene ring substituents is 2. The van der Waals surface area contributed by atoms with Crippen molar-refractivity contribution in [2.24, 2.45) is 0 Å². The van der Waals surface area contributed by atoms with E-state index in [0.717, 1.165) is 17.3 Å². The Balaban J connectivity index is 1.78. The van der Waals surface area contributed by atoms with E-state index in [1.807, 2.05) is 42.5 Å². The van der Waals surface area contributed by atoms with Crippen LogP contribution in [0.4, 0.5) is 17.1 Å². The van der Waals surface area contributed by atoms with Gasteiger partial charge in [-0.25, -0.2) is 5.43 Å². The first-order valence-electron chi connectivity index (χ1n) is 8.27. The number of nitrogens with zero attached hydrogens (tertiary/aromatic N) is 2. The van der Waals surface area contributed by atoms with Gasteiger partial charge < -0.3 is 10.2 Å². The molecule has 0 fully saturated rings. The average Bonchev–Trinajstić information content (AvgIpc) is 2.70. The van der Waals surface area contributed by atoms with Crippen molar-refractivity contribution >= 4 is 17.1 Å². The highest BCUT2D eigenvalue weighted by molar-refractivity contribution is 5.55. The number of hydrogen-bond acceptors (Lipinski definition) is 7. The largest absolute Gasteiger partial charge is 0.450 e. The second-order valence-corrected chi connectivity index (χ2v) is 5.72. The topological polar surface area (TPSA) is 120 Å². The molecule has 0 bridgehead atoms. The number of ether oxygens (including phenoxy) is 1. The van der Waals surface area contributed by atoms with Crippen molar-refractivity contribution < 1.29 is 14.6 Å². The van der Waals surface area contributed by atoms with Crippen molar-refractivity contribution in [2.45, 2.75) is 6.54 Å². The third kappa shape index (κ3) is 4.59. The summed E-state index contributed by atoms with van der Waals surface area (Å²) in [5.74, 6) is 0.334. The highest BCUT2D eigenvalue weighted by atomic mass is 16.6. The maximum absolute atomic E-state index is 11.3. The first-order valence-corrected chi connectivity index (χ1v) is 8.27. The predicted octanol–water partition coefficient (Wildman–Crippen LogP) is 4.41. The molecule has 0 aliphatic carbocycles. The molecule has 142 valence electrons. The molecule has 0 aliphatic rings. The Bertz CT molecular complexity index is 995. The summed E-state index contributed by atoms with van der Waals surface area (Å²) in [6, 6.07) is 19.8. The van der Waals surface area contributed by atoms with Gasteiger partial charge in [0.25, 0.3) is 5.69 Å². The lowest BCUT2D eigenvalue weighted by Crippen LogP contribution is -2.21. The summed E-state index contributed by atoms with van der Waals surface area (Å²) in [7, 11) is 0. The van der Waals surface area contributed by atoms with E-state index >= 15 is 0 Å². The van der Waals surface area contributed by atoms with E-state index in [-0.39, 0.29) is 11.4 Å². The molecule has 9 heteroatoms. The summed E-state index contributed by atoms with van der Waals surface area (Å²) in [6.45, 7) is 0.381. The second-order valence-electron chi connectivity index (χ2n) is 5.72. The van der Waals surface area contributed by atoms with Crippen LogP contribution in [0.1, 0.15) is 5.56 Å². The lowest BCUT2D eigenvalue weighted by atomic mass is 10.2. The molecule has 3 rings (SSSR count). The van der Waals surface area contributed by atoms with Crippen LogP contribution < -0.4 is 15.6 Å². The van der Waals surface area contributed by atoms with Crippen LogP contribution >= 0.6 is 0 Å². The maximum atomic E-state index is 11.3. The fourth-order valence-electron chi connectivity index (χ4n) is 2.48. The van der Waals surface area contributed by atoms with E-state index in [1.54, 1.807) is 12.1 Å². The van der Waals surface area contributed by atoms with Crippen molar-refractivity contribution in [1.29, 1.82) is 0 Å². The molecule has 3 aromatic rings. The fraction of sp³-hybridized carbons (Fsp3) is 0.0526. The number of hydrazine groups is 1. The zero-order valence-electron chi connectivity index (χ0n) is 14.6. The normalized spacial score (nSPS) is 10.3. The highest BCUT2D eigenvalue weighted by Gasteiger charge is 2.21. The molecule has 0 unspecified atom stereocenters. The smallest absolute Gasteiger partial charge is 0.318 e. The predicted molar refractivity (Wildman–Crippen MR) is 103 cm³/mol. The Morgan fingerprint density at radius 3 is 2.25 bits per heavy atom. The third-order valence-electron chi connectivity index (χ3n) is 3.83. The zero-order chi connectivity index (χ0) is 19.9. The summed E-state index contributed by atoms with van der Waals surface area (Å²) >= 11 is 0. The SMILES string of the molecule is O=[N+]([O-])c1ccc(Oc2ccccc2CNNc2ccccc2)c([N+](=O)[O-])c1. The van der Waals surface area contributed by atoms with E-state index in [2.05, 4.69) is 10.9 Å². The van der Waals surface area contributed by atoms with Crippen molar-refractivity contribution in [3.8, 4) is 11.5 Å². The molecule has 0 aliphatic heterocycles. The van der Waals surface area contributed by atoms with E-state index in [9.17, 15) is 20.2 Å². The first-order chi connectivity index (χ1) is 13.5. The molecule has 9 nitrogen and oxygen atoms in total. The van der Waals surface area contributed by atoms with Crippen LogP contribution in [-0.2, 0) is 6.54 Å². The average molecular weight is 380 g/mol. The Hall–Kier alpha value is -3.98. The highest BCUT2D eigenvalue weighted by Crippen LogP contribution is 2.35. The molecular formula is C19H16N4O5. The zero-order valence-corrected chi connectivity index (χ0v) is 14.6. The molecule has 0 atom stereocenters. The third-order valence-corrected chi connectivity index (χ3v) is 3.83. The Kier molecular flexibility index (Phi) is 5.78. The van der Waals surface area contributed by atoms with Gasteiger partial charge in [-0.1, -0.05) is 36.4 Å². The van der Waals surface area contributed by atoms with Gasteiger partial charge in [0.1, 0.15) is 5.75 Å². The number of benzene rings is 3. The number of para-hydroxylation sites is 2. The first kappa shape index (κ1) is 18.8. The van der Waals surface area contributed by atoms with Gasteiger partial charge in [-0.15, -0.1) is 0 Å². The van der Waals surface area contributed by atoms with Crippen molar-refractivity contribution in [3.63, 3.8) is 0 Å². The van der Waals surface area contributed by atoms with Gasteiger partial charge in [-0.05, 0) is 24.3 Å². The minimum atomic E-state index is -0.708. The standard InChI is InChI=1S/C19H16N4O5/c24-22(25)16-10-11-19(17(12-16)23(26)27)28-18-9-5-4-6-14(18)13-20-21-15-7-2-1-3-8-15/h1-12,20-21H,13H2. The Morgan fingerprint density at radius 1 is 0.821 bits per heavy atom. The van der Waals surface area contributed by atoms with E-state index in [4.69, 9.17) is 4.74 Å². The number of rotatable bonds is 8. The molecular weight excluding hydrogens is 364 g/mol. The minimum absolute atomic E-state index is 0.0703. The molecule has 0 aromatic heterocycles. The van der Waals surface area contributed by atoms with Crippen LogP contribution in [0.3, 0.4) is 0 Å². The van der Waals surface area contributed by atoms with Gasteiger partial charge in [0.2, 0.25) is 5.75 Å². The van der Waals surface area contributed by atoms with E-state index in [0.29, 0.717) is 12.3 Å². The van der Waals surface area contributed by atoms with Crippen molar-refractivity contribution in [2.75, 3.05) is 5.43 Å². The number of non-ortho nitro benzene ring substituents is 1. The summed E-state index contributed by atoms with van der Waals surface area (Å²) in [6.07, 6.45) is 0. The summed E-state index contributed by atoms with van der Waals surface area (Å²) < 4.78 is 5.71. The molecule has 2 N–H and O–H groups in total. The maximum Gasteiger partial charge on any atom is 0.318 e. The van der Waals surface area contributed by atoms with Crippen LogP contribution in [0, 0.1) is 20.2 Å². The fourth-order valence-corrected chi connectivity index (χ4v) is 2.48. The van der Waals surface area contributed by atoms with Gasteiger partial charge >= 0.3 is 5.69 Å². The van der Waals surface area contributed by atoms with E-state index < -0.39 is 15.5 Å². The lowest BCUT2D eigenvalue weighted by Gasteiger charge is -2.13. The minimum Gasteiger partial charge on any atom is -0.450 e. The summed E-state index contributed by atoms with van der Waals surface area (Å²) in [5.41, 5.74) is 6.88. The van der Waals surface area contributed by atoms with Crippen molar-refractivity contribution in [1.82, 2.24) is 5.43 Å². The van der Waals surface area contributed by atoms with Crippen LogP contribution in [0.15, 0.2) is 72.8 Å². The molecule has 3 aromatic carbocycles. The van der Waals surface area contributed by atoms with Gasteiger partial charge in [0.15, 0.2) is 0 Å². The molecule has 0 radical (unpaired) electrons. The van der Waals surface area contributed by atoms with Crippen molar-refractivity contribution in [3.05, 3.63) is 98.6 Å². The summed E-state index contributed by atoms with van der Waals surface area (Å²) in [4.78, 5) is 20.7. The number of nitro groups is 2. The van der Waals surface area contributed by atoms with Gasteiger partial charge in [-0.3, -0.25) is 20.2 Å².